The molecule has 0 aliphatic rings. The van der Waals surface area contributed by atoms with Crippen molar-refractivity contribution in [1.82, 2.24) is 0 Å². The molecule has 1 unspecified atom stereocenters. The maximum atomic E-state index is 9.33. The van der Waals surface area contributed by atoms with Gasteiger partial charge in [0.2, 0.25) is 11.5 Å². The molecule has 0 saturated carbocycles. The van der Waals surface area contributed by atoms with Gasteiger partial charge in [-0.1, -0.05) is 0 Å². The summed E-state index contributed by atoms with van der Waals surface area (Å²) < 4.78 is 29.7. The first kappa shape index (κ1) is 18.1. The van der Waals surface area contributed by atoms with Gasteiger partial charge >= 0.3 is 10.4 Å². The lowest BCUT2D eigenvalue weighted by Gasteiger charge is -2.00. The molecule has 8 nitrogen and oxygen atoms in total. The number of aromatic hydroxyl groups is 4. The molecular weight excluding hydrogens is 275 g/mol. The Labute approximate surface area is 101 Å². The quantitative estimate of drug-likeness (QED) is 0.210. The highest BCUT2D eigenvalue weighted by atomic mass is 32.3. The van der Waals surface area contributed by atoms with Crippen molar-refractivity contribution in [2.45, 2.75) is 0 Å². The minimum absolute atomic E-state index is 0. The van der Waals surface area contributed by atoms with Crippen molar-refractivity contribution in [3.63, 3.8) is 0 Å². The second kappa shape index (κ2) is 7.13. The Morgan fingerprint density at radius 3 is 1.41 bits per heavy atom. The van der Waals surface area contributed by atoms with Crippen LogP contribution in [-0.2, 0) is 14.6 Å². The molecule has 0 heterocycles. The van der Waals surface area contributed by atoms with E-state index in [0.29, 0.717) is 0 Å². The van der Waals surface area contributed by atoms with Gasteiger partial charge in [0.05, 0.1) is 7.11 Å². The molecule has 0 aliphatic carbocycles. The molecule has 0 aromatic heterocycles. The molecule has 0 aliphatic heterocycles. The van der Waals surface area contributed by atoms with Gasteiger partial charge in [-0.2, -0.15) is 18.3 Å². The molecule has 1 atom stereocenters. The monoisotopic (exact) mass is 288 g/mol. The molecule has 1 aromatic carbocycles. The summed E-state index contributed by atoms with van der Waals surface area (Å²) in [6.07, 6.45) is 0. The first-order valence-electron chi connectivity index (χ1n) is 3.65. The van der Waals surface area contributed by atoms with Crippen LogP contribution in [0.2, 0.25) is 0 Å². The molecule has 0 radical (unpaired) electrons. The van der Waals surface area contributed by atoms with E-state index in [9.17, 15) is 8.42 Å². The summed E-state index contributed by atoms with van der Waals surface area (Å²) in [6, 6.07) is 2.15. The summed E-state index contributed by atoms with van der Waals surface area (Å²) in [6.45, 7) is 0. The lowest BCUT2D eigenvalue weighted by molar-refractivity contribution is 0.324. The van der Waals surface area contributed by atoms with Crippen molar-refractivity contribution >= 4 is 20.3 Å². The Kier molecular flexibility index (Phi) is 7.58. The molecule has 0 amide bonds. The molecule has 0 bridgehead atoms. The van der Waals surface area contributed by atoms with Gasteiger partial charge in [-0.3, -0.25) is 8.74 Å². The predicted molar refractivity (Wildman–Crippen MR) is 62.8 cm³/mol. The highest BCUT2D eigenvalue weighted by Crippen LogP contribution is 2.40. The summed E-state index contributed by atoms with van der Waals surface area (Å²) in [7, 11) is -3.29. The number of hydrogen-bond donors (Lipinski definition) is 5. The Bertz CT molecular complexity index is 430. The van der Waals surface area contributed by atoms with Gasteiger partial charge in [-0.05, 0) is 12.1 Å². The van der Waals surface area contributed by atoms with E-state index >= 15 is 0 Å². The topological polar surface area (TPSA) is 145 Å². The Hall–Kier alpha value is -1.28. The first-order chi connectivity index (χ1) is 7.19. The van der Waals surface area contributed by atoms with Crippen LogP contribution in [0.25, 0.3) is 0 Å². The Balaban J connectivity index is 0. The average Bonchev–Trinajstić information content (AvgIpc) is 2.21. The molecule has 0 fully saturated rings. The van der Waals surface area contributed by atoms with Gasteiger partial charge in [0.25, 0.3) is 0 Å². The van der Waals surface area contributed by atoms with Gasteiger partial charge in [0.15, 0.2) is 11.5 Å². The van der Waals surface area contributed by atoms with Crippen molar-refractivity contribution in [3.05, 3.63) is 12.1 Å². The van der Waals surface area contributed by atoms with Crippen molar-refractivity contribution < 1.29 is 37.6 Å². The van der Waals surface area contributed by atoms with E-state index in [4.69, 9.17) is 25.0 Å². The van der Waals surface area contributed by atoms with Crippen LogP contribution in [-0.4, -0.2) is 40.5 Å². The van der Waals surface area contributed by atoms with E-state index in [1.165, 1.54) is 0 Å². The van der Waals surface area contributed by atoms with Crippen molar-refractivity contribution in [1.29, 1.82) is 0 Å². The third kappa shape index (κ3) is 6.80. The fourth-order valence-electron chi connectivity index (χ4n) is 0.558. The first-order valence-corrected chi connectivity index (χ1v) is 5.01. The minimum atomic E-state index is -4.16. The van der Waals surface area contributed by atoms with Crippen molar-refractivity contribution in [2.24, 2.45) is 0 Å². The maximum absolute atomic E-state index is 9.33. The van der Waals surface area contributed by atoms with Crippen LogP contribution >= 0.6 is 9.90 Å². The summed E-state index contributed by atoms with van der Waals surface area (Å²) in [5.41, 5.74) is 0. The molecule has 17 heavy (non-hydrogen) atoms. The molecule has 1 rings (SSSR count). The van der Waals surface area contributed by atoms with Gasteiger partial charge < -0.3 is 20.4 Å². The number of phenolic OH excluding ortho intramolecular Hbond substituents is 4. The van der Waals surface area contributed by atoms with E-state index < -0.39 is 33.4 Å². The van der Waals surface area contributed by atoms with E-state index in [-0.39, 0.29) is 9.90 Å². The second-order valence-corrected chi connectivity index (χ2v) is 3.58. The standard InChI is InChI=1S/C6H6O4.CH4O4S.H3P/c7-3-1-2-4(8)6(10)5(3)9;1-5-6(2,3)4;/h1-2,7-10H;1H3,(H,2,3,4);1H3. The molecule has 0 spiro atoms. The van der Waals surface area contributed by atoms with Crippen LogP contribution in [0.15, 0.2) is 12.1 Å². The number of phenols is 4. The highest BCUT2D eigenvalue weighted by Gasteiger charge is 2.08. The van der Waals surface area contributed by atoms with Crippen LogP contribution in [0.5, 0.6) is 23.0 Å². The fraction of sp³-hybridized carbons (Fsp3) is 0.143. The van der Waals surface area contributed by atoms with Gasteiger partial charge in [-0.15, -0.1) is 0 Å². The van der Waals surface area contributed by atoms with Crippen molar-refractivity contribution in [3.8, 4) is 23.0 Å². The third-order valence-electron chi connectivity index (χ3n) is 1.32. The summed E-state index contributed by atoms with van der Waals surface area (Å²) in [5.74, 6) is -2.34. The lowest BCUT2D eigenvalue weighted by Crippen LogP contribution is -1.96. The Morgan fingerprint density at radius 1 is 1.00 bits per heavy atom. The number of benzene rings is 1. The number of rotatable bonds is 1. The predicted octanol–water partition coefficient (Wildman–Crippen LogP) is 0.00270. The second-order valence-electron chi connectivity index (χ2n) is 2.40. The molecule has 5 N–H and O–H groups in total. The summed E-state index contributed by atoms with van der Waals surface area (Å²) in [4.78, 5) is 0. The van der Waals surface area contributed by atoms with Crippen LogP contribution in [0.4, 0.5) is 0 Å². The fourth-order valence-corrected chi connectivity index (χ4v) is 0.558. The SMILES string of the molecule is COS(=O)(=O)O.Oc1ccc(O)c(O)c1O.P. The van der Waals surface area contributed by atoms with Crippen molar-refractivity contribution in [2.75, 3.05) is 7.11 Å². The normalized spacial score (nSPS) is 9.76. The maximum Gasteiger partial charge on any atom is 0.397 e. The summed E-state index contributed by atoms with van der Waals surface area (Å²) in [5, 5.41) is 34.9. The zero-order valence-electron chi connectivity index (χ0n) is 8.73. The smallest absolute Gasteiger partial charge is 0.397 e. The third-order valence-corrected chi connectivity index (χ3v) is 1.74. The van der Waals surface area contributed by atoms with Gasteiger partial charge in [-0.25, -0.2) is 0 Å². The summed E-state index contributed by atoms with van der Waals surface area (Å²) >= 11 is 0. The molecule has 1 aromatic rings. The van der Waals surface area contributed by atoms with Crippen LogP contribution in [0.3, 0.4) is 0 Å². The molecule has 10 heteroatoms. The molecule has 0 saturated heterocycles. The van der Waals surface area contributed by atoms with E-state index in [2.05, 4.69) is 4.18 Å². The molecule has 100 valence electrons. The van der Waals surface area contributed by atoms with Crippen LogP contribution in [0.1, 0.15) is 0 Å². The van der Waals surface area contributed by atoms with Gasteiger partial charge in [0.1, 0.15) is 0 Å². The van der Waals surface area contributed by atoms with Gasteiger partial charge in [0, 0.05) is 0 Å². The minimum Gasteiger partial charge on any atom is -0.504 e. The van der Waals surface area contributed by atoms with Crippen LogP contribution in [0, 0.1) is 0 Å². The highest BCUT2D eigenvalue weighted by molar-refractivity contribution is 7.80. The Morgan fingerprint density at radius 2 is 1.24 bits per heavy atom. The zero-order valence-corrected chi connectivity index (χ0v) is 11.0. The van der Waals surface area contributed by atoms with E-state index in [0.717, 1.165) is 19.2 Å². The average molecular weight is 288 g/mol. The number of hydrogen-bond acceptors (Lipinski definition) is 7. The van der Waals surface area contributed by atoms with E-state index in [1.54, 1.807) is 0 Å². The van der Waals surface area contributed by atoms with E-state index in [1.807, 2.05) is 0 Å². The largest absolute Gasteiger partial charge is 0.504 e. The zero-order chi connectivity index (χ0) is 12.9. The van der Waals surface area contributed by atoms with Crippen LogP contribution < -0.4 is 0 Å². The lowest BCUT2D eigenvalue weighted by atomic mass is 10.3. The molecular formula is C7H13O8PS.